The fourth-order valence-corrected chi connectivity index (χ4v) is 5.89. The van der Waals surface area contributed by atoms with Gasteiger partial charge >= 0.3 is 0 Å². The van der Waals surface area contributed by atoms with Crippen molar-refractivity contribution < 1.29 is 22.7 Å². The van der Waals surface area contributed by atoms with Crippen molar-refractivity contribution in [3.05, 3.63) is 93.1 Å². The normalized spacial score (nSPS) is 12.5. The van der Waals surface area contributed by atoms with Crippen LogP contribution in [0.1, 0.15) is 20.1 Å². The van der Waals surface area contributed by atoms with Gasteiger partial charge in [0.05, 0.1) is 29.0 Å². The van der Waals surface area contributed by atoms with Gasteiger partial charge in [0.2, 0.25) is 10.0 Å². The summed E-state index contributed by atoms with van der Waals surface area (Å²) in [4.78, 5) is 14.7. The number of carbonyl (C=O) groups is 1. The second kappa shape index (κ2) is 10.5. The minimum Gasteiger partial charge on any atom is -0.492 e. The molecule has 5 rings (SSSR count). The molecule has 1 aliphatic heterocycles. The third-order valence-corrected chi connectivity index (χ3v) is 7.59. The fraction of sp³-hybridized carbons (Fsp3) is 0.148. The third-order valence-electron chi connectivity index (χ3n) is 5.57. The molecule has 0 fully saturated rings. The average molecular weight is 555 g/mol. The van der Waals surface area contributed by atoms with Crippen molar-refractivity contribution in [2.24, 2.45) is 0 Å². The second-order valence-corrected chi connectivity index (χ2v) is 11.8. The predicted octanol–water partition coefficient (Wildman–Crippen LogP) is 6.21. The van der Waals surface area contributed by atoms with Crippen molar-refractivity contribution in [2.75, 3.05) is 22.9 Å². The van der Waals surface area contributed by atoms with Crippen LogP contribution in [0.5, 0.6) is 11.5 Å². The molecule has 3 aromatic carbocycles. The van der Waals surface area contributed by atoms with Crippen molar-refractivity contribution in [3.63, 3.8) is 0 Å². The predicted molar refractivity (Wildman–Crippen MR) is 148 cm³/mol. The van der Waals surface area contributed by atoms with Gasteiger partial charge in [-0.3, -0.25) is 9.52 Å². The van der Waals surface area contributed by atoms with Crippen LogP contribution in [-0.4, -0.2) is 27.2 Å². The summed E-state index contributed by atoms with van der Waals surface area (Å²) in [6.45, 7) is 0.890. The molecule has 190 valence electrons. The van der Waals surface area contributed by atoms with Crippen LogP contribution in [0, 0.1) is 0 Å². The molecular weight excluding hydrogens is 532 g/mol. The molecule has 0 bridgehead atoms. The van der Waals surface area contributed by atoms with Crippen LogP contribution in [0.3, 0.4) is 0 Å². The number of amides is 1. The summed E-state index contributed by atoms with van der Waals surface area (Å²) in [5.74, 6) is 1.07. The number of nitrogens with one attached hydrogen (secondary N) is 2. The Labute approximate surface area is 224 Å². The molecule has 0 radical (unpaired) electrons. The Morgan fingerprint density at radius 1 is 1.05 bits per heavy atom. The molecule has 1 amide bonds. The first-order valence-electron chi connectivity index (χ1n) is 11.4. The number of thiophene rings is 1. The van der Waals surface area contributed by atoms with E-state index in [-0.39, 0.29) is 16.6 Å². The monoisotopic (exact) mass is 554 g/mol. The van der Waals surface area contributed by atoms with E-state index in [0.717, 1.165) is 27.8 Å². The lowest BCUT2D eigenvalue weighted by Gasteiger charge is -2.14. The lowest BCUT2D eigenvalue weighted by atomic mass is 10.0. The van der Waals surface area contributed by atoms with Crippen LogP contribution in [0.4, 0.5) is 11.4 Å². The zero-order valence-corrected chi connectivity index (χ0v) is 22.2. The summed E-state index contributed by atoms with van der Waals surface area (Å²) in [6.07, 6.45) is 1.70. The molecule has 4 aromatic rings. The zero-order chi connectivity index (χ0) is 26.0. The molecule has 37 heavy (non-hydrogen) atoms. The number of ether oxygens (including phenoxy) is 2. The van der Waals surface area contributed by atoms with Gasteiger partial charge in [-0.1, -0.05) is 48.0 Å². The summed E-state index contributed by atoms with van der Waals surface area (Å²) >= 11 is 7.53. The highest BCUT2D eigenvalue weighted by atomic mass is 35.5. The van der Waals surface area contributed by atoms with E-state index in [0.29, 0.717) is 41.7 Å². The highest BCUT2D eigenvalue weighted by Gasteiger charge is 2.24. The number of hydrogen-bond donors (Lipinski definition) is 2. The van der Waals surface area contributed by atoms with Crippen molar-refractivity contribution in [2.45, 2.75) is 13.0 Å². The highest BCUT2D eigenvalue weighted by Crippen LogP contribution is 2.45. The SMILES string of the molecule is CS(=O)(=O)Nc1cc(Cl)cc(NC(=O)c2cc3c(s2)CCOc2cccc(OCc4ccccc4)c2-3)c1. The van der Waals surface area contributed by atoms with Gasteiger partial charge in [0.1, 0.15) is 18.1 Å². The molecule has 0 saturated carbocycles. The Morgan fingerprint density at radius 3 is 2.62 bits per heavy atom. The van der Waals surface area contributed by atoms with Crippen molar-refractivity contribution in [3.8, 4) is 22.6 Å². The maximum absolute atomic E-state index is 13.2. The Balaban J connectivity index is 1.43. The Morgan fingerprint density at radius 2 is 1.84 bits per heavy atom. The topological polar surface area (TPSA) is 93.7 Å². The molecule has 1 aliphatic rings. The van der Waals surface area contributed by atoms with E-state index < -0.39 is 10.0 Å². The summed E-state index contributed by atoms with van der Waals surface area (Å²) in [5, 5.41) is 3.11. The highest BCUT2D eigenvalue weighted by molar-refractivity contribution is 7.92. The van der Waals surface area contributed by atoms with E-state index in [1.54, 1.807) is 6.07 Å². The fourth-order valence-electron chi connectivity index (χ4n) is 4.07. The summed E-state index contributed by atoms with van der Waals surface area (Å²) in [5.41, 5.74) is 3.41. The van der Waals surface area contributed by atoms with Crippen LogP contribution in [0.25, 0.3) is 11.1 Å². The minimum absolute atomic E-state index is 0.263. The van der Waals surface area contributed by atoms with Gasteiger partial charge < -0.3 is 14.8 Å². The van der Waals surface area contributed by atoms with E-state index in [2.05, 4.69) is 10.0 Å². The third kappa shape index (κ3) is 6.07. The van der Waals surface area contributed by atoms with E-state index in [9.17, 15) is 13.2 Å². The van der Waals surface area contributed by atoms with Crippen molar-refractivity contribution in [1.29, 1.82) is 0 Å². The van der Waals surface area contributed by atoms with E-state index >= 15 is 0 Å². The van der Waals surface area contributed by atoms with Gasteiger partial charge in [0.25, 0.3) is 5.91 Å². The zero-order valence-electron chi connectivity index (χ0n) is 19.8. The van der Waals surface area contributed by atoms with E-state index in [4.69, 9.17) is 21.1 Å². The van der Waals surface area contributed by atoms with Crippen LogP contribution >= 0.6 is 22.9 Å². The molecule has 0 unspecified atom stereocenters. The Bertz CT molecular complexity index is 1570. The van der Waals surface area contributed by atoms with Gasteiger partial charge in [-0.15, -0.1) is 11.3 Å². The molecule has 10 heteroatoms. The molecular formula is C27H23ClN2O5S2. The van der Waals surface area contributed by atoms with Gasteiger partial charge in [0, 0.05) is 27.6 Å². The Kier molecular flexibility index (Phi) is 7.10. The molecule has 7 nitrogen and oxygen atoms in total. The number of anilines is 2. The van der Waals surface area contributed by atoms with Gasteiger partial charge in [-0.05, 0) is 42.0 Å². The summed E-state index contributed by atoms with van der Waals surface area (Å²) in [7, 11) is -3.50. The van der Waals surface area contributed by atoms with Crippen LogP contribution in [0.2, 0.25) is 5.02 Å². The molecule has 2 N–H and O–H groups in total. The summed E-state index contributed by atoms with van der Waals surface area (Å²) in [6, 6.07) is 22.0. The second-order valence-electron chi connectivity index (χ2n) is 8.51. The first-order valence-corrected chi connectivity index (χ1v) is 14.5. The molecule has 1 aromatic heterocycles. The first-order chi connectivity index (χ1) is 17.7. The number of fused-ring (bicyclic) bond motifs is 3. The standard InChI is InChI=1S/C27H23ClN2O5S2/c1-37(32,33)30-20-13-18(28)12-19(14-20)29-27(31)25-15-21-24(36-25)10-11-34-22-8-5-9-23(26(21)22)35-16-17-6-3-2-4-7-17/h2-9,12-15,30H,10-11,16H2,1H3,(H,29,31). The number of carbonyl (C=O) groups excluding carboxylic acids is 1. The van der Waals surface area contributed by atoms with Gasteiger partial charge in [-0.25, -0.2) is 8.42 Å². The minimum atomic E-state index is -3.50. The molecule has 0 spiro atoms. The largest absolute Gasteiger partial charge is 0.492 e. The maximum Gasteiger partial charge on any atom is 0.265 e. The van der Waals surface area contributed by atoms with Gasteiger partial charge in [0.15, 0.2) is 0 Å². The van der Waals surface area contributed by atoms with Crippen molar-refractivity contribution in [1.82, 2.24) is 0 Å². The van der Waals surface area contributed by atoms with E-state index in [1.165, 1.54) is 23.5 Å². The van der Waals surface area contributed by atoms with Gasteiger partial charge in [-0.2, -0.15) is 0 Å². The smallest absolute Gasteiger partial charge is 0.265 e. The average Bonchev–Trinajstić information content (AvgIpc) is 3.18. The van der Waals surface area contributed by atoms with Crippen LogP contribution in [0.15, 0.2) is 72.8 Å². The molecule has 0 aliphatic carbocycles. The summed E-state index contributed by atoms with van der Waals surface area (Å²) < 4.78 is 37.8. The lowest BCUT2D eigenvalue weighted by molar-refractivity contribution is 0.103. The van der Waals surface area contributed by atoms with E-state index in [1.807, 2.05) is 54.6 Å². The number of halogens is 1. The molecule has 0 saturated heterocycles. The molecule has 2 heterocycles. The molecule has 0 atom stereocenters. The van der Waals surface area contributed by atoms with Crippen molar-refractivity contribution >= 4 is 50.2 Å². The number of rotatable bonds is 7. The lowest BCUT2D eigenvalue weighted by Crippen LogP contribution is -2.12. The Hall–Kier alpha value is -3.53. The van der Waals surface area contributed by atoms with Crippen LogP contribution in [-0.2, 0) is 23.1 Å². The number of hydrogen-bond acceptors (Lipinski definition) is 6. The maximum atomic E-state index is 13.2. The quantitative estimate of drug-likeness (QED) is 0.283. The number of sulfonamides is 1. The van der Waals surface area contributed by atoms with Crippen LogP contribution < -0.4 is 19.5 Å². The number of benzene rings is 3. The first kappa shape index (κ1) is 25.1.